The van der Waals surface area contributed by atoms with Crippen molar-refractivity contribution in [1.82, 2.24) is 15.3 Å². The van der Waals surface area contributed by atoms with Crippen LogP contribution in [0, 0.1) is 5.92 Å². The molecule has 0 radical (unpaired) electrons. The molecule has 32 heavy (non-hydrogen) atoms. The molecule has 2 amide bonds. The average molecular weight is 454 g/mol. The van der Waals surface area contributed by atoms with Gasteiger partial charge in [-0.3, -0.25) is 14.7 Å². The highest BCUT2D eigenvalue weighted by Crippen LogP contribution is 2.30. The Hall–Kier alpha value is -3.04. The van der Waals surface area contributed by atoms with E-state index in [-0.39, 0.29) is 11.7 Å². The predicted molar refractivity (Wildman–Crippen MR) is 127 cm³/mol. The van der Waals surface area contributed by atoms with Crippen molar-refractivity contribution in [1.29, 1.82) is 0 Å². The Bertz CT molecular complexity index is 1130. The van der Waals surface area contributed by atoms with Crippen LogP contribution in [0.4, 0.5) is 16.2 Å². The van der Waals surface area contributed by atoms with Crippen molar-refractivity contribution < 1.29 is 14.7 Å². The van der Waals surface area contributed by atoms with Gasteiger partial charge in [0.1, 0.15) is 5.69 Å². The van der Waals surface area contributed by atoms with Crippen LogP contribution in [0.5, 0.6) is 0 Å². The first-order valence-corrected chi connectivity index (χ1v) is 11.7. The zero-order chi connectivity index (χ0) is 22.7. The maximum Gasteiger partial charge on any atom is 0.412 e. The number of anilines is 2. The summed E-state index contributed by atoms with van der Waals surface area (Å²) in [5.41, 5.74) is 1.83. The van der Waals surface area contributed by atoms with Crippen LogP contribution in [0.15, 0.2) is 36.7 Å². The molecule has 4 heterocycles. The van der Waals surface area contributed by atoms with E-state index in [9.17, 15) is 14.7 Å². The second kappa shape index (κ2) is 9.62. The van der Waals surface area contributed by atoms with Gasteiger partial charge in [-0.1, -0.05) is 20.3 Å². The van der Waals surface area contributed by atoms with Gasteiger partial charge in [0.25, 0.3) is 5.91 Å². The average Bonchev–Trinajstić information content (AvgIpc) is 3.17. The third-order valence-electron chi connectivity index (χ3n) is 5.58. The van der Waals surface area contributed by atoms with E-state index in [0.717, 1.165) is 36.0 Å². The van der Waals surface area contributed by atoms with Crippen molar-refractivity contribution in [3.63, 3.8) is 0 Å². The predicted octanol–water partition coefficient (Wildman–Crippen LogP) is 4.38. The summed E-state index contributed by atoms with van der Waals surface area (Å²) in [6.07, 6.45) is 4.73. The number of carbonyl (C=O) groups is 2. The lowest BCUT2D eigenvalue weighted by molar-refractivity contribution is 0.102. The molecule has 1 fully saturated rings. The maximum absolute atomic E-state index is 13.0. The quantitative estimate of drug-likeness (QED) is 0.511. The number of pyridine rings is 2. The molecule has 3 N–H and O–H groups in total. The number of hydrogen-bond donors (Lipinski definition) is 3. The van der Waals surface area contributed by atoms with E-state index < -0.39 is 12.0 Å². The normalized spacial score (nSPS) is 18.4. The molecule has 9 heteroatoms. The molecule has 168 valence electrons. The largest absolute Gasteiger partial charge is 0.465 e. The monoisotopic (exact) mass is 453 g/mol. The van der Waals surface area contributed by atoms with Crippen LogP contribution in [-0.4, -0.2) is 46.2 Å². The number of rotatable bonds is 6. The van der Waals surface area contributed by atoms with E-state index in [2.05, 4.69) is 34.4 Å². The first-order chi connectivity index (χ1) is 15.5. The van der Waals surface area contributed by atoms with Gasteiger partial charge in [-0.25, -0.2) is 9.78 Å². The van der Waals surface area contributed by atoms with Gasteiger partial charge in [-0.15, -0.1) is 11.3 Å². The fourth-order valence-corrected chi connectivity index (χ4v) is 5.24. The molecule has 1 aliphatic heterocycles. The van der Waals surface area contributed by atoms with Gasteiger partial charge in [-0.2, -0.15) is 0 Å². The molecule has 1 aliphatic rings. The topological polar surface area (TPSA) is 107 Å². The van der Waals surface area contributed by atoms with Gasteiger partial charge in [0.15, 0.2) is 0 Å². The second-order valence-corrected chi connectivity index (χ2v) is 9.36. The standard InChI is InChI=1S/C23H27N5O3S/c1-3-4-16-10-18-21(32-16)6-5-17(26-18)22(29)27-19-13-24-8-7-20(19)28(23(30)31)15-9-14(2)11-25-12-15/h5-8,10,13-15,25H,3-4,9,11-12H2,1-2H3,(H,27,29)(H,30,31)/t14-,15+/m1/s1. The van der Waals surface area contributed by atoms with E-state index in [4.69, 9.17) is 0 Å². The number of nitrogens with zero attached hydrogens (tertiary/aromatic N) is 3. The third-order valence-corrected chi connectivity index (χ3v) is 6.73. The van der Waals surface area contributed by atoms with Gasteiger partial charge >= 0.3 is 6.09 Å². The van der Waals surface area contributed by atoms with Gasteiger partial charge < -0.3 is 15.7 Å². The Morgan fingerprint density at radius 2 is 2.16 bits per heavy atom. The van der Waals surface area contributed by atoms with Crippen molar-refractivity contribution in [2.45, 2.75) is 39.2 Å². The molecule has 1 saturated heterocycles. The minimum absolute atomic E-state index is 0.230. The van der Waals surface area contributed by atoms with Crippen LogP contribution in [0.1, 0.15) is 42.1 Å². The van der Waals surface area contributed by atoms with E-state index >= 15 is 0 Å². The maximum atomic E-state index is 13.0. The first-order valence-electron chi connectivity index (χ1n) is 10.8. The number of carbonyl (C=O) groups excluding carboxylic acids is 1. The van der Waals surface area contributed by atoms with Crippen molar-refractivity contribution in [2.24, 2.45) is 5.92 Å². The number of aryl methyl sites for hydroxylation is 1. The van der Waals surface area contributed by atoms with Crippen LogP contribution in [-0.2, 0) is 6.42 Å². The van der Waals surface area contributed by atoms with E-state index in [0.29, 0.717) is 23.8 Å². The number of nitrogens with one attached hydrogen (secondary N) is 2. The summed E-state index contributed by atoms with van der Waals surface area (Å²) in [6, 6.07) is 7.02. The Morgan fingerprint density at radius 3 is 2.91 bits per heavy atom. The molecular weight excluding hydrogens is 426 g/mol. The van der Waals surface area contributed by atoms with Gasteiger partial charge in [-0.05, 0) is 49.6 Å². The number of piperidine rings is 1. The fourth-order valence-electron chi connectivity index (χ4n) is 4.13. The summed E-state index contributed by atoms with van der Waals surface area (Å²) >= 11 is 1.69. The number of fused-ring (bicyclic) bond motifs is 1. The lowest BCUT2D eigenvalue weighted by Gasteiger charge is -2.36. The van der Waals surface area contributed by atoms with Crippen molar-refractivity contribution in [3.8, 4) is 0 Å². The van der Waals surface area contributed by atoms with Crippen LogP contribution in [0.25, 0.3) is 10.2 Å². The summed E-state index contributed by atoms with van der Waals surface area (Å²) in [4.78, 5) is 36.3. The summed E-state index contributed by atoms with van der Waals surface area (Å²) in [5.74, 6) is -0.0421. The highest BCUT2D eigenvalue weighted by Gasteiger charge is 2.31. The smallest absolute Gasteiger partial charge is 0.412 e. The SMILES string of the molecule is CCCc1cc2nc(C(=O)Nc3cnccc3N(C(=O)O)[C@@H]3CNC[C@H](C)C3)ccc2s1. The van der Waals surface area contributed by atoms with Crippen LogP contribution >= 0.6 is 11.3 Å². The zero-order valence-electron chi connectivity index (χ0n) is 18.2. The highest BCUT2D eigenvalue weighted by molar-refractivity contribution is 7.19. The van der Waals surface area contributed by atoms with Crippen LogP contribution in [0.2, 0.25) is 0 Å². The Balaban J connectivity index is 1.60. The highest BCUT2D eigenvalue weighted by atomic mass is 32.1. The first kappa shape index (κ1) is 22.2. The lowest BCUT2D eigenvalue weighted by atomic mass is 9.96. The summed E-state index contributed by atoms with van der Waals surface area (Å²) in [5, 5.41) is 16.1. The second-order valence-electron chi connectivity index (χ2n) is 8.20. The minimum atomic E-state index is -1.06. The molecule has 0 unspecified atom stereocenters. The number of carboxylic acid groups (broad SMARTS) is 1. The van der Waals surface area contributed by atoms with Gasteiger partial charge in [0.2, 0.25) is 0 Å². The fraction of sp³-hybridized carbons (Fsp3) is 0.391. The number of hydrogen-bond acceptors (Lipinski definition) is 6. The molecule has 0 saturated carbocycles. The molecule has 4 rings (SSSR count). The van der Waals surface area contributed by atoms with Crippen molar-refractivity contribution in [3.05, 3.63) is 47.2 Å². The Labute approximate surface area is 190 Å². The lowest BCUT2D eigenvalue weighted by Crippen LogP contribution is -2.51. The molecular formula is C23H27N5O3S. The van der Waals surface area contributed by atoms with E-state index in [1.165, 1.54) is 22.2 Å². The third kappa shape index (κ3) is 4.73. The Kier molecular flexibility index (Phi) is 6.66. The molecule has 3 aromatic heterocycles. The van der Waals surface area contributed by atoms with Crippen molar-refractivity contribution >= 4 is 44.9 Å². The Morgan fingerprint density at radius 1 is 1.31 bits per heavy atom. The van der Waals surface area contributed by atoms with Gasteiger partial charge in [0.05, 0.1) is 33.8 Å². The van der Waals surface area contributed by atoms with Crippen LogP contribution in [0.3, 0.4) is 0 Å². The minimum Gasteiger partial charge on any atom is -0.465 e. The number of aromatic nitrogens is 2. The molecule has 0 aromatic carbocycles. The molecule has 2 atom stereocenters. The van der Waals surface area contributed by atoms with Crippen molar-refractivity contribution in [2.75, 3.05) is 23.3 Å². The number of amides is 2. The molecule has 0 aliphatic carbocycles. The van der Waals surface area contributed by atoms with Crippen LogP contribution < -0.4 is 15.5 Å². The van der Waals surface area contributed by atoms with E-state index in [1.807, 2.05) is 12.1 Å². The number of thiophene rings is 1. The van der Waals surface area contributed by atoms with Gasteiger partial charge in [0, 0.05) is 17.6 Å². The summed E-state index contributed by atoms with van der Waals surface area (Å²) in [6.45, 7) is 5.64. The molecule has 0 spiro atoms. The molecule has 3 aromatic rings. The summed E-state index contributed by atoms with van der Waals surface area (Å²) < 4.78 is 1.04. The zero-order valence-corrected chi connectivity index (χ0v) is 19.0. The summed E-state index contributed by atoms with van der Waals surface area (Å²) in [7, 11) is 0. The molecule has 8 nitrogen and oxygen atoms in total. The van der Waals surface area contributed by atoms with E-state index in [1.54, 1.807) is 23.5 Å². The molecule has 0 bridgehead atoms.